The molecule has 3 aliphatic rings. The average molecular weight is 879 g/mol. The molecule has 1 spiro atoms. The molecule has 9 rings (SSSR count). The van der Waals surface area contributed by atoms with Crippen LogP contribution in [-0.4, -0.2) is 41.0 Å². The average Bonchev–Trinajstić information content (AvgIpc) is 3.44. The number of rotatable bonds is 10. The van der Waals surface area contributed by atoms with Crippen LogP contribution < -0.4 is 26.5 Å². The van der Waals surface area contributed by atoms with E-state index in [1.807, 2.05) is 72.8 Å². The van der Waals surface area contributed by atoms with Gasteiger partial charge in [-0.2, -0.15) is 0 Å². The molecule has 6 aromatic carbocycles. The Kier molecular flexibility index (Phi) is 12.9. The lowest BCUT2D eigenvalue weighted by Gasteiger charge is -2.43. The van der Waals surface area contributed by atoms with E-state index in [0.29, 0.717) is 13.2 Å². The zero-order valence-electron chi connectivity index (χ0n) is 35.8. The number of ether oxygens (including phenoxy) is 2. The number of aliphatic hydroxyl groups is 2. The number of nitrogens with zero attached hydrogens (tertiary/aromatic N) is 1. The van der Waals surface area contributed by atoms with Crippen LogP contribution >= 0.6 is 0 Å². The number of quaternary nitrogens is 1. The highest BCUT2D eigenvalue weighted by Gasteiger charge is 2.48. The quantitative estimate of drug-likeness (QED) is 0.107. The highest BCUT2D eigenvalue weighted by Crippen LogP contribution is 2.56. The van der Waals surface area contributed by atoms with Crippen molar-refractivity contribution in [3.8, 4) is 22.6 Å². The fourth-order valence-electron chi connectivity index (χ4n) is 10.7. The van der Waals surface area contributed by atoms with E-state index in [-0.39, 0.29) is 17.0 Å². The van der Waals surface area contributed by atoms with Crippen LogP contribution in [0.1, 0.15) is 114 Å². The van der Waals surface area contributed by atoms with Crippen molar-refractivity contribution in [1.29, 1.82) is 0 Å². The molecule has 0 saturated carbocycles. The molecule has 0 bridgehead atoms. The van der Waals surface area contributed by atoms with Gasteiger partial charge in [0, 0.05) is 33.4 Å². The van der Waals surface area contributed by atoms with Gasteiger partial charge in [-0.25, -0.2) is 0 Å². The number of benzene rings is 6. The van der Waals surface area contributed by atoms with Crippen LogP contribution in [0.25, 0.3) is 11.1 Å². The first-order chi connectivity index (χ1) is 29.4. The topological polar surface area (TPSA) is 58.9 Å². The second-order valence-corrected chi connectivity index (χ2v) is 17.5. The fraction of sp³-hybridized carbons (Fsp3) is 0.345. The molecule has 5 nitrogen and oxygen atoms in total. The first-order valence-electron chi connectivity index (χ1n) is 22.6. The molecule has 1 fully saturated rings. The maximum absolute atomic E-state index is 13.9. The second-order valence-electron chi connectivity index (χ2n) is 17.5. The van der Waals surface area contributed by atoms with Crippen LogP contribution in [0.5, 0.6) is 11.5 Å². The van der Waals surface area contributed by atoms with Gasteiger partial charge in [-0.1, -0.05) is 148 Å². The molecule has 6 aromatic rings. The summed E-state index contributed by atoms with van der Waals surface area (Å²) in [6.07, 6.45) is 8.62. The van der Waals surface area contributed by atoms with Gasteiger partial charge in [0.1, 0.15) is 35.8 Å². The van der Waals surface area contributed by atoms with Crippen molar-refractivity contribution in [3.05, 3.63) is 189 Å². The van der Waals surface area contributed by atoms with Crippen molar-refractivity contribution in [3.63, 3.8) is 0 Å². The van der Waals surface area contributed by atoms with E-state index in [9.17, 15) is 10.2 Å². The number of hydrogen-bond donors (Lipinski definition) is 2. The van der Waals surface area contributed by atoms with Crippen LogP contribution in [0, 0.1) is 0 Å². The first-order valence-corrected chi connectivity index (χ1v) is 22.6. The van der Waals surface area contributed by atoms with Gasteiger partial charge in [0.15, 0.2) is 0 Å². The maximum Gasteiger partial charge on any atom is 0.141 e. The number of halogens is 1. The summed E-state index contributed by atoms with van der Waals surface area (Å²) in [6, 6.07) is 45.6. The van der Waals surface area contributed by atoms with E-state index in [4.69, 9.17) is 9.47 Å². The van der Waals surface area contributed by atoms with Crippen LogP contribution in [0.3, 0.4) is 0 Å². The summed E-state index contributed by atoms with van der Waals surface area (Å²) in [6.45, 7) is 9.07. The number of piperidine rings is 1. The third kappa shape index (κ3) is 7.75. The Morgan fingerprint density at radius 1 is 0.492 bits per heavy atom. The third-order valence-corrected chi connectivity index (χ3v) is 13.5. The Morgan fingerprint density at radius 3 is 1.16 bits per heavy atom. The van der Waals surface area contributed by atoms with Crippen LogP contribution in [0.2, 0.25) is 0 Å². The van der Waals surface area contributed by atoms with Gasteiger partial charge in [0.05, 0.1) is 26.3 Å². The van der Waals surface area contributed by atoms with E-state index in [2.05, 4.69) is 74.5 Å². The van der Waals surface area contributed by atoms with Crippen molar-refractivity contribution < 1.29 is 41.2 Å². The minimum Gasteiger partial charge on any atom is -1.00 e. The smallest absolute Gasteiger partial charge is 0.141 e. The lowest BCUT2D eigenvalue weighted by atomic mass is 9.73. The molecule has 0 atom stereocenters. The molecule has 0 aliphatic carbocycles. The predicted molar refractivity (Wildman–Crippen MR) is 241 cm³/mol. The molecule has 1 saturated heterocycles. The molecule has 2 N–H and O–H groups in total. The van der Waals surface area contributed by atoms with E-state index in [1.54, 1.807) is 0 Å². The second kappa shape index (κ2) is 18.3. The van der Waals surface area contributed by atoms with Gasteiger partial charge in [-0.15, -0.1) is 0 Å². The van der Waals surface area contributed by atoms with E-state index < -0.39 is 11.2 Å². The molecule has 316 valence electrons. The van der Waals surface area contributed by atoms with Crippen molar-refractivity contribution in [2.45, 2.75) is 95.9 Å². The van der Waals surface area contributed by atoms with E-state index >= 15 is 0 Å². The highest BCUT2D eigenvalue weighted by atomic mass is 79.9. The van der Waals surface area contributed by atoms with Crippen molar-refractivity contribution in [1.82, 2.24) is 0 Å². The monoisotopic (exact) mass is 877 g/mol. The molecule has 0 aromatic heterocycles. The molecule has 0 amide bonds. The number of aryl methyl sites for hydroxylation is 2. The maximum atomic E-state index is 13.9. The van der Waals surface area contributed by atoms with Crippen LogP contribution in [0.4, 0.5) is 0 Å². The zero-order valence-corrected chi connectivity index (χ0v) is 37.4. The summed E-state index contributed by atoms with van der Waals surface area (Å²) in [5.74, 6) is 1.82. The number of hydrogen-bond acceptors (Lipinski definition) is 4. The van der Waals surface area contributed by atoms with Gasteiger partial charge < -0.3 is 41.2 Å². The van der Waals surface area contributed by atoms with Gasteiger partial charge >= 0.3 is 0 Å². The van der Waals surface area contributed by atoms with Crippen molar-refractivity contribution >= 4 is 0 Å². The summed E-state index contributed by atoms with van der Waals surface area (Å²) in [4.78, 5) is 0. The van der Waals surface area contributed by atoms with Gasteiger partial charge in [-0.3, -0.25) is 0 Å². The largest absolute Gasteiger partial charge is 1.00 e. The van der Waals surface area contributed by atoms with Crippen LogP contribution in [0.15, 0.2) is 133 Å². The molecular formula is C55H60BrNO4. The Bertz CT molecular complexity index is 2170. The van der Waals surface area contributed by atoms with E-state index in [1.165, 1.54) is 6.42 Å². The summed E-state index contributed by atoms with van der Waals surface area (Å²) in [5, 5.41) is 27.8. The van der Waals surface area contributed by atoms with Gasteiger partial charge in [-0.05, 0) is 90.5 Å². The first kappa shape index (κ1) is 42.9. The predicted octanol–water partition coefficient (Wildman–Crippen LogP) is 8.40. The highest BCUT2D eigenvalue weighted by molar-refractivity contribution is 5.87. The standard InChI is InChI=1S/C55H60NO4.BrH/c1-3-22-40-36-48(54(57,42-24-10-5-11-25-42)43-26-12-6-13-27-43)46-38-56(32-18-9-19-33-56)39-47-49(55(58,44-28-14-7-15-29-44)45-30-16-8-17-31-45)37-41(23-4-2)53-51(47)50(46)52(40)59-34-20-21-35-60-53;/h5-8,10-17,24-31,36-37,57-58H,3-4,9,18-23,32-35,38-39H2,1-2H3;1H/q+1;/p-1. The van der Waals surface area contributed by atoms with Crippen molar-refractivity contribution in [2.24, 2.45) is 0 Å². The Hall–Kier alpha value is -4.72. The Labute approximate surface area is 373 Å². The van der Waals surface area contributed by atoms with Gasteiger partial charge in [0.25, 0.3) is 0 Å². The summed E-state index contributed by atoms with van der Waals surface area (Å²) >= 11 is 0. The normalized spacial score (nSPS) is 16.0. The molecule has 61 heavy (non-hydrogen) atoms. The van der Waals surface area contributed by atoms with Crippen molar-refractivity contribution in [2.75, 3.05) is 26.3 Å². The Morgan fingerprint density at radius 2 is 0.836 bits per heavy atom. The summed E-state index contributed by atoms with van der Waals surface area (Å²) in [7, 11) is 0. The fourth-order valence-corrected chi connectivity index (χ4v) is 10.7. The molecule has 6 heteroatoms. The summed E-state index contributed by atoms with van der Waals surface area (Å²) < 4.78 is 15.2. The zero-order chi connectivity index (χ0) is 41.2. The minimum absolute atomic E-state index is 0. The molecular weight excluding hydrogens is 819 g/mol. The van der Waals surface area contributed by atoms with Crippen LogP contribution in [-0.2, 0) is 37.1 Å². The Balaban J connectivity index is 0.00000514. The van der Waals surface area contributed by atoms with E-state index in [0.717, 1.165) is 160 Å². The van der Waals surface area contributed by atoms with Gasteiger partial charge in [0.2, 0.25) is 0 Å². The lowest BCUT2D eigenvalue weighted by Crippen LogP contribution is -3.00. The molecule has 0 radical (unpaired) electrons. The molecule has 3 aliphatic heterocycles. The SMILES string of the molecule is CCCc1cc(C(O)(c2ccccc2)c2ccccc2)c2c3c1OCCCCOc1c(CCC)cc(C(O)(c4ccccc4)c4ccccc4)c(c1-3)C[N+]1(CCCCC1)C2.[Br-]. The molecule has 0 unspecified atom stereocenters. The molecule has 3 heterocycles. The minimum atomic E-state index is -1.46. The lowest BCUT2D eigenvalue weighted by molar-refractivity contribution is -0.957. The summed E-state index contributed by atoms with van der Waals surface area (Å²) in [5.41, 5.74) is 8.76. The third-order valence-electron chi connectivity index (χ3n) is 13.5.